The van der Waals surface area contributed by atoms with Crippen molar-refractivity contribution in [2.75, 3.05) is 32.7 Å². The highest BCUT2D eigenvalue weighted by Gasteiger charge is 2.27. The van der Waals surface area contributed by atoms with E-state index in [9.17, 15) is 14.4 Å². The van der Waals surface area contributed by atoms with Crippen LogP contribution in [0.25, 0.3) is 0 Å². The van der Waals surface area contributed by atoms with Gasteiger partial charge < -0.3 is 15.1 Å². The third-order valence-electron chi connectivity index (χ3n) is 5.76. The molecule has 6 nitrogen and oxygen atoms in total. The molecule has 152 valence electrons. The van der Waals surface area contributed by atoms with Crippen LogP contribution in [0.5, 0.6) is 0 Å². The molecule has 3 rings (SSSR count). The molecule has 0 aliphatic carbocycles. The predicted molar refractivity (Wildman–Crippen MR) is 108 cm³/mol. The minimum atomic E-state index is -0.00779. The number of benzene rings is 1. The van der Waals surface area contributed by atoms with E-state index < -0.39 is 0 Å². The van der Waals surface area contributed by atoms with Crippen LogP contribution in [-0.4, -0.2) is 60.2 Å². The van der Waals surface area contributed by atoms with Crippen molar-refractivity contribution in [2.24, 2.45) is 5.92 Å². The summed E-state index contributed by atoms with van der Waals surface area (Å²) < 4.78 is 0. The molecule has 1 aromatic rings. The normalized spacial score (nSPS) is 17.8. The van der Waals surface area contributed by atoms with Crippen LogP contribution < -0.4 is 5.32 Å². The molecule has 1 aromatic carbocycles. The first-order chi connectivity index (χ1) is 13.6. The third-order valence-corrected chi connectivity index (χ3v) is 5.76. The molecule has 28 heavy (non-hydrogen) atoms. The van der Waals surface area contributed by atoms with E-state index in [0.717, 1.165) is 45.2 Å². The maximum absolute atomic E-state index is 12.4. The van der Waals surface area contributed by atoms with Crippen molar-refractivity contribution in [3.05, 3.63) is 35.9 Å². The molecule has 2 aliphatic rings. The van der Waals surface area contributed by atoms with Crippen LogP contribution in [-0.2, 0) is 20.8 Å². The fraction of sp³-hybridized carbons (Fsp3) is 0.591. The van der Waals surface area contributed by atoms with Gasteiger partial charge in [0.15, 0.2) is 0 Å². The smallest absolute Gasteiger partial charge is 0.223 e. The molecule has 2 aliphatic heterocycles. The average Bonchev–Trinajstić information content (AvgIpc) is 3.15. The minimum absolute atomic E-state index is 0.00779. The number of rotatable bonds is 8. The van der Waals surface area contributed by atoms with Gasteiger partial charge in [0.1, 0.15) is 0 Å². The number of amides is 3. The highest BCUT2D eigenvalue weighted by atomic mass is 16.2. The number of hydrogen-bond acceptors (Lipinski definition) is 3. The van der Waals surface area contributed by atoms with Crippen LogP contribution in [0.2, 0.25) is 0 Å². The number of nitrogens with zero attached hydrogens (tertiary/aromatic N) is 2. The Morgan fingerprint density at radius 1 is 1.07 bits per heavy atom. The molecule has 6 heteroatoms. The zero-order chi connectivity index (χ0) is 19.8. The summed E-state index contributed by atoms with van der Waals surface area (Å²) in [5.74, 6) is 0.490. The number of carbonyl (C=O) groups excluding carboxylic acids is 3. The van der Waals surface area contributed by atoms with E-state index in [0.29, 0.717) is 32.5 Å². The topological polar surface area (TPSA) is 69.7 Å². The van der Waals surface area contributed by atoms with Crippen LogP contribution in [0, 0.1) is 5.92 Å². The lowest BCUT2D eigenvalue weighted by Gasteiger charge is -2.31. The van der Waals surface area contributed by atoms with E-state index in [1.54, 1.807) is 0 Å². The highest BCUT2D eigenvalue weighted by Crippen LogP contribution is 2.18. The Labute approximate surface area is 167 Å². The Kier molecular flexibility index (Phi) is 7.46. The van der Waals surface area contributed by atoms with Gasteiger partial charge in [-0.15, -0.1) is 0 Å². The predicted octanol–water partition coefficient (Wildman–Crippen LogP) is 1.99. The Hall–Kier alpha value is -2.37. The standard InChI is InChI=1S/C22H31N3O3/c26-20-8-4-14-24(20)15-5-13-23-22(28)19-11-16-25(17-12-19)21(27)10-9-18-6-2-1-3-7-18/h1-3,6-7,19H,4-5,8-17H2,(H,23,28). The van der Waals surface area contributed by atoms with Gasteiger partial charge in [-0.2, -0.15) is 0 Å². The second-order valence-electron chi connectivity index (χ2n) is 7.77. The van der Waals surface area contributed by atoms with E-state index in [4.69, 9.17) is 0 Å². The van der Waals surface area contributed by atoms with Crippen LogP contribution in [0.1, 0.15) is 44.1 Å². The van der Waals surface area contributed by atoms with Crippen LogP contribution in [0.4, 0.5) is 0 Å². The summed E-state index contributed by atoms with van der Waals surface area (Å²) in [6.07, 6.45) is 5.16. The maximum Gasteiger partial charge on any atom is 0.223 e. The molecule has 0 saturated carbocycles. The zero-order valence-electron chi connectivity index (χ0n) is 16.6. The Bertz CT molecular complexity index is 669. The van der Waals surface area contributed by atoms with Crippen molar-refractivity contribution in [2.45, 2.75) is 44.9 Å². The number of piperidine rings is 1. The maximum atomic E-state index is 12.4. The van der Waals surface area contributed by atoms with E-state index in [-0.39, 0.29) is 23.6 Å². The molecule has 2 heterocycles. The first kappa shape index (κ1) is 20.4. The summed E-state index contributed by atoms with van der Waals surface area (Å²) in [5.41, 5.74) is 1.18. The van der Waals surface area contributed by atoms with Gasteiger partial charge >= 0.3 is 0 Å². The highest BCUT2D eigenvalue weighted by molar-refractivity contribution is 5.80. The molecule has 2 saturated heterocycles. The summed E-state index contributed by atoms with van der Waals surface area (Å²) >= 11 is 0. The van der Waals surface area contributed by atoms with Gasteiger partial charge in [-0.25, -0.2) is 0 Å². The lowest BCUT2D eigenvalue weighted by molar-refractivity contribution is -0.135. The van der Waals surface area contributed by atoms with Crippen LogP contribution >= 0.6 is 0 Å². The summed E-state index contributed by atoms with van der Waals surface area (Å²) in [7, 11) is 0. The van der Waals surface area contributed by atoms with Crippen molar-refractivity contribution in [3.63, 3.8) is 0 Å². The summed E-state index contributed by atoms with van der Waals surface area (Å²) in [6, 6.07) is 10.1. The largest absolute Gasteiger partial charge is 0.356 e. The Balaban J connectivity index is 1.30. The van der Waals surface area contributed by atoms with Gasteiger partial charge in [-0.05, 0) is 37.7 Å². The molecule has 0 radical (unpaired) electrons. The fourth-order valence-electron chi connectivity index (χ4n) is 4.01. The van der Waals surface area contributed by atoms with Crippen molar-refractivity contribution in [1.82, 2.24) is 15.1 Å². The quantitative estimate of drug-likeness (QED) is 0.696. The number of aryl methyl sites for hydroxylation is 1. The van der Waals surface area contributed by atoms with Gasteiger partial charge in [0.05, 0.1) is 0 Å². The molecule has 0 spiro atoms. The molecular weight excluding hydrogens is 354 g/mol. The van der Waals surface area contributed by atoms with Crippen LogP contribution in [0.3, 0.4) is 0 Å². The van der Waals surface area contributed by atoms with Gasteiger partial charge in [0.25, 0.3) is 0 Å². The number of likely N-dealkylation sites (tertiary alicyclic amines) is 2. The lowest BCUT2D eigenvalue weighted by atomic mass is 9.95. The Morgan fingerprint density at radius 2 is 1.82 bits per heavy atom. The van der Waals surface area contributed by atoms with Gasteiger partial charge in [-0.3, -0.25) is 14.4 Å². The number of hydrogen-bond donors (Lipinski definition) is 1. The van der Waals surface area contributed by atoms with Crippen molar-refractivity contribution in [3.8, 4) is 0 Å². The van der Waals surface area contributed by atoms with Crippen molar-refractivity contribution < 1.29 is 14.4 Å². The number of carbonyl (C=O) groups is 3. The first-order valence-electron chi connectivity index (χ1n) is 10.5. The molecule has 2 fully saturated rings. The summed E-state index contributed by atoms with van der Waals surface area (Å²) in [6.45, 7) is 3.51. The van der Waals surface area contributed by atoms with Crippen LogP contribution in [0.15, 0.2) is 30.3 Å². The van der Waals surface area contributed by atoms with Gasteiger partial charge in [-0.1, -0.05) is 30.3 Å². The average molecular weight is 386 g/mol. The summed E-state index contributed by atoms with van der Waals surface area (Å²) in [4.78, 5) is 40.1. The second-order valence-corrected chi connectivity index (χ2v) is 7.77. The molecule has 0 atom stereocenters. The molecule has 0 aromatic heterocycles. The molecular formula is C22H31N3O3. The van der Waals surface area contributed by atoms with E-state index in [1.165, 1.54) is 5.56 Å². The van der Waals surface area contributed by atoms with Crippen molar-refractivity contribution >= 4 is 17.7 Å². The van der Waals surface area contributed by atoms with Gasteiger partial charge in [0.2, 0.25) is 17.7 Å². The summed E-state index contributed by atoms with van der Waals surface area (Å²) in [5, 5.41) is 3.00. The zero-order valence-corrected chi connectivity index (χ0v) is 16.6. The molecule has 3 amide bonds. The van der Waals surface area contributed by atoms with E-state index >= 15 is 0 Å². The molecule has 1 N–H and O–H groups in total. The molecule has 0 bridgehead atoms. The molecule has 0 unspecified atom stereocenters. The fourth-order valence-corrected chi connectivity index (χ4v) is 4.01. The van der Waals surface area contributed by atoms with Crippen molar-refractivity contribution in [1.29, 1.82) is 0 Å². The third kappa shape index (κ3) is 5.81. The van der Waals surface area contributed by atoms with E-state index in [1.807, 2.05) is 40.1 Å². The first-order valence-corrected chi connectivity index (χ1v) is 10.5. The Morgan fingerprint density at radius 3 is 2.50 bits per heavy atom. The monoisotopic (exact) mass is 385 g/mol. The minimum Gasteiger partial charge on any atom is -0.356 e. The second kappa shape index (κ2) is 10.2. The SMILES string of the molecule is O=C(NCCCN1CCCC1=O)C1CCN(C(=O)CCc2ccccc2)CC1. The van der Waals surface area contributed by atoms with E-state index in [2.05, 4.69) is 5.32 Å². The lowest BCUT2D eigenvalue weighted by Crippen LogP contribution is -2.43. The van der Waals surface area contributed by atoms with Gasteiger partial charge in [0, 0.05) is 51.5 Å². The number of nitrogens with one attached hydrogen (secondary N) is 1.